The number of anilines is 1. The van der Waals surface area contributed by atoms with Gasteiger partial charge in [-0.1, -0.05) is 60.6 Å². The monoisotopic (exact) mass is 713 g/mol. The molecule has 5 atom stereocenters. The number of halogens is 1. The smallest absolute Gasteiger partial charge is 0.278 e. The number of hydrogen-bond acceptors (Lipinski definition) is 9. The molecule has 11 nitrogen and oxygen atoms in total. The molecule has 0 radical (unpaired) electrons. The normalized spacial score (nSPS) is 25.1. The lowest BCUT2D eigenvalue weighted by atomic mass is 10.0. The molecule has 266 valence electrons. The molecular weight excluding hydrogens is 674 g/mol. The number of carbonyl (C=O) groups excluding carboxylic acids is 3. The zero-order valence-corrected chi connectivity index (χ0v) is 29.0. The highest BCUT2D eigenvalue weighted by Gasteiger charge is 2.61. The summed E-state index contributed by atoms with van der Waals surface area (Å²) in [6.07, 6.45) is 8.02. The van der Waals surface area contributed by atoms with Crippen LogP contribution < -0.4 is 30.4 Å². The zero-order chi connectivity index (χ0) is 35.4. The summed E-state index contributed by atoms with van der Waals surface area (Å²) in [6.45, 7) is 0.122. The lowest BCUT2D eigenvalue weighted by Crippen LogP contribution is -2.57. The van der Waals surface area contributed by atoms with Crippen molar-refractivity contribution in [3.05, 3.63) is 90.8 Å². The molecule has 51 heavy (non-hydrogen) atoms. The number of ether oxygens (including phenoxy) is 2. The Balaban J connectivity index is 1.17. The van der Waals surface area contributed by atoms with Crippen molar-refractivity contribution in [2.24, 2.45) is 5.92 Å². The number of nitrogens with one attached hydrogen (secondary N) is 3. The maximum absolute atomic E-state index is 14.5. The van der Waals surface area contributed by atoms with Crippen LogP contribution in [0.2, 0.25) is 0 Å². The summed E-state index contributed by atoms with van der Waals surface area (Å²) in [5.41, 5.74) is 2.61. The van der Waals surface area contributed by atoms with Gasteiger partial charge in [0.15, 0.2) is 5.75 Å². The fourth-order valence-electron chi connectivity index (χ4n) is 6.83. The van der Waals surface area contributed by atoms with Gasteiger partial charge in [0, 0.05) is 24.1 Å². The zero-order valence-electron chi connectivity index (χ0n) is 28.2. The molecule has 3 aromatic carbocycles. The molecule has 3 N–H and O–H groups in total. The third-order valence-electron chi connectivity index (χ3n) is 9.66. The first kappa shape index (κ1) is 34.3. The highest BCUT2D eigenvalue weighted by molar-refractivity contribution is 7.20. The second kappa shape index (κ2) is 15.0. The number of allylic oxidation sites excluding steroid dienone is 1. The molecule has 4 aromatic rings. The van der Waals surface area contributed by atoms with E-state index in [1.165, 1.54) is 23.5 Å². The minimum Gasteiger partial charge on any atom is -0.497 e. The number of para-hydroxylation sites is 1. The number of hydroxylamine groups is 1. The minimum atomic E-state index is -1.24. The fraction of sp³-hybridized carbons (Fsp3) is 0.368. The Morgan fingerprint density at radius 3 is 2.73 bits per heavy atom. The summed E-state index contributed by atoms with van der Waals surface area (Å²) in [5, 5.41) is 6.76. The van der Waals surface area contributed by atoms with Gasteiger partial charge in [0.1, 0.15) is 35.3 Å². The highest BCUT2D eigenvalue weighted by Crippen LogP contribution is 2.45. The van der Waals surface area contributed by atoms with Crippen molar-refractivity contribution in [2.45, 2.75) is 68.7 Å². The molecule has 1 saturated carbocycles. The number of hydrogen-bond donors (Lipinski definition) is 3. The Morgan fingerprint density at radius 2 is 1.88 bits per heavy atom. The Bertz CT molecular complexity index is 1920. The van der Waals surface area contributed by atoms with Gasteiger partial charge in [-0.05, 0) is 68.1 Å². The maximum atomic E-state index is 14.5. The van der Waals surface area contributed by atoms with E-state index in [1.807, 2.05) is 36.4 Å². The maximum Gasteiger partial charge on any atom is 0.278 e. The van der Waals surface area contributed by atoms with Crippen molar-refractivity contribution in [1.29, 1.82) is 0 Å². The van der Waals surface area contributed by atoms with Crippen molar-refractivity contribution in [2.75, 3.05) is 19.0 Å². The molecule has 0 bridgehead atoms. The van der Waals surface area contributed by atoms with Crippen LogP contribution in [0.1, 0.15) is 44.9 Å². The molecule has 7 rings (SSSR count). The summed E-state index contributed by atoms with van der Waals surface area (Å²) in [6, 6.07) is 19.0. The molecule has 3 amide bonds. The van der Waals surface area contributed by atoms with E-state index in [0.717, 1.165) is 31.4 Å². The van der Waals surface area contributed by atoms with Gasteiger partial charge in [-0.2, -0.15) is 5.48 Å². The molecule has 3 heterocycles. The van der Waals surface area contributed by atoms with Gasteiger partial charge >= 0.3 is 0 Å². The first-order chi connectivity index (χ1) is 24.8. The Hall–Kier alpha value is -5.17. The van der Waals surface area contributed by atoms with Gasteiger partial charge in [0.25, 0.3) is 11.1 Å². The van der Waals surface area contributed by atoms with Crippen molar-refractivity contribution in [1.82, 2.24) is 20.7 Å². The van der Waals surface area contributed by atoms with Gasteiger partial charge < -0.3 is 29.8 Å². The average molecular weight is 714 g/mol. The summed E-state index contributed by atoms with van der Waals surface area (Å²) in [5.74, 6) is -0.684. The molecule has 2 fully saturated rings. The summed E-state index contributed by atoms with van der Waals surface area (Å²) >= 11 is 1.20. The van der Waals surface area contributed by atoms with Crippen LogP contribution in [0.25, 0.3) is 10.2 Å². The largest absolute Gasteiger partial charge is 0.497 e. The predicted octanol–water partition coefficient (Wildman–Crippen LogP) is 5.78. The number of rotatable bonds is 8. The number of thiazole rings is 1. The number of carbonyl (C=O) groups is 3. The summed E-state index contributed by atoms with van der Waals surface area (Å²) in [4.78, 5) is 54.2. The lowest BCUT2D eigenvalue weighted by Gasteiger charge is -2.30. The van der Waals surface area contributed by atoms with Crippen LogP contribution in [0, 0.1) is 11.7 Å². The van der Waals surface area contributed by atoms with Gasteiger partial charge in [-0.3, -0.25) is 14.4 Å². The Morgan fingerprint density at radius 1 is 1.04 bits per heavy atom. The number of amides is 3. The van der Waals surface area contributed by atoms with E-state index in [-0.39, 0.29) is 30.6 Å². The van der Waals surface area contributed by atoms with E-state index >= 15 is 0 Å². The number of aromatic nitrogens is 1. The van der Waals surface area contributed by atoms with Crippen molar-refractivity contribution < 1.29 is 33.1 Å². The van der Waals surface area contributed by atoms with Crippen molar-refractivity contribution in [3.8, 4) is 16.7 Å². The van der Waals surface area contributed by atoms with Crippen LogP contribution in [0.3, 0.4) is 0 Å². The molecule has 1 aliphatic carbocycles. The SMILES string of the molecule is COc1cccc(N[C@H]2CCCCCC=C[C@@H]3C[C@@]3(C(=O)NOc3ccccc3)NC(=O)[C@@H]3C[C@@H](Oc4nc5ccc(F)cc5s4)CN3C2=O)c1. The molecule has 2 aliphatic heterocycles. The predicted molar refractivity (Wildman–Crippen MR) is 191 cm³/mol. The molecular formula is C38H40FN5O6S. The van der Waals surface area contributed by atoms with Gasteiger partial charge in [-0.15, -0.1) is 0 Å². The fourth-order valence-corrected chi connectivity index (χ4v) is 7.74. The van der Waals surface area contributed by atoms with Crippen molar-refractivity contribution >= 4 is 45.0 Å². The molecule has 1 aromatic heterocycles. The third-order valence-corrected chi connectivity index (χ3v) is 10.6. The minimum absolute atomic E-state index is 0.122. The van der Waals surface area contributed by atoms with E-state index in [4.69, 9.17) is 14.3 Å². The van der Waals surface area contributed by atoms with E-state index in [0.29, 0.717) is 39.8 Å². The number of fused-ring (bicyclic) bond motifs is 3. The van der Waals surface area contributed by atoms with Crippen LogP contribution in [-0.2, 0) is 14.4 Å². The first-order valence-corrected chi connectivity index (χ1v) is 18.1. The van der Waals surface area contributed by atoms with E-state index in [1.54, 1.807) is 42.3 Å². The van der Waals surface area contributed by atoms with Crippen LogP contribution in [-0.4, -0.2) is 65.0 Å². The first-order valence-electron chi connectivity index (χ1n) is 17.3. The Labute approximate surface area is 299 Å². The molecule has 3 aliphatic rings. The molecule has 13 heteroatoms. The molecule has 0 spiro atoms. The number of nitrogens with zero attached hydrogens (tertiary/aromatic N) is 2. The molecule has 1 saturated heterocycles. The van der Waals surface area contributed by atoms with Gasteiger partial charge in [0.05, 0.1) is 23.9 Å². The van der Waals surface area contributed by atoms with Crippen LogP contribution in [0.5, 0.6) is 16.7 Å². The third kappa shape index (κ3) is 7.78. The quantitative estimate of drug-likeness (QED) is 0.155. The topological polar surface area (TPSA) is 131 Å². The van der Waals surface area contributed by atoms with Gasteiger partial charge in [0.2, 0.25) is 11.8 Å². The van der Waals surface area contributed by atoms with E-state index in [2.05, 4.69) is 27.2 Å². The van der Waals surface area contributed by atoms with Crippen molar-refractivity contribution in [3.63, 3.8) is 0 Å². The van der Waals surface area contributed by atoms with E-state index in [9.17, 15) is 18.8 Å². The number of methoxy groups -OCH3 is 1. The standard InChI is InChI=1S/C38H40FN5O6S/c1-48-28-15-10-12-26(20-28)40-31-16-9-4-2-3-6-11-24-22-38(24,36(47)43-50-27-13-7-5-8-14-27)42-34(45)32-21-29(23-44(32)35(31)46)49-37-41-30-18-17-25(39)19-33(30)51-37/h5-8,10-15,17-20,24,29,31-32,40H,2-4,9,16,21-23H2,1H3,(H,42,45)(H,43,47)/t24-,29-,31+,32+,38-/m1/s1. The second-order valence-electron chi connectivity index (χ2n) is 13.2. The number of benzene rings is 3. The second-order valence-corrected chi connectivity index (χ2v) is 14.2. The Kier molecular flexibility index (Phi) is 10.1. The van der Waals surface area contributed by atoms with Crippen LogP contribution >= 0.6 is 11.3 Å². The van der Waals surface area contributed by atoms with Crippen LogP contribution in [0.4, 0.5) is 10.1 Å². The van der Waals surface area contributed by atoms with Crippen LogP contribution in [0.15, 0.2) is 84.9 Å². The summed E-state index contributed by atoms with van der Waals surface area (Å²) < 4.78 is 26.2. The lowest BCUT2D eigenvalue weighted by molar-refractivity contribution is -0.141. The molecule has 0 unspecified atom stereocenters. The van der Waals surface area contributed by atoms with Gasteiger partial charge in [-0.25, -0.2) is 9.37 Å². The highest BCUT2D eigenvalue weighted by atomic mass is 32.1. The van der Waals surface area contributed by atoms with E-state index < -0.39 is 35.5 Å². The average Bonchev–Trinajstić information content (AvgIpc) is 3.44. The summed E-state index contributed by atoms with van der Waals surface area (Å²) in [7, 11) is 1.59.